The summed E-state index contributed by atoms with van der Waals surface area (Å²) in [6.07, 6.45) is -5.40. The van der Waals surface area contributed by atoms with E-state index in [2.05, 4.69) is 5.32 Å². The molecule has 1 aromatic carbocycles. The van der Waals surface area contributed by atoms with E-state index in [9.17, 15) is 17.6 Å². The van der Waals surface area contributed by atoms with Gasteiger partial charge in [0.25, 0.3) is 0 Å². The third-order valence-electron chi connectivity index (χ3n) is 3.63. The number of piperazine rings is 1. The topological polar surface area (TPSA) is 15.3 Å². The maximum atomic E-state index is 14.1. The Morgan fingerprint density at radius 2 is 1.90 bits per heavy atom. The van der Waals surface area contributed by atoms with Crippen molar-refractivity contribution in [1.82, 2.24) is 10.2 Å². The molecule has 0 aliphatic carbocycles. The smallest absolute Gasteiger partial charge is 0.314 e. The van der Waals surface area contributed by atoms with Crippen LogP contribution in [0.2, 0.25) is 5.02 Å². The third-order valence-corrected chi connectivity index (χ3v) is 3.96. The number of alkyl halides is 3. The minimum Gasteiger partial charge on any atom is -0.314 e. The van der Waals surface area contributed by atoms with Crippen LogP contribution in [0.25, 0.3) is 0 Å². The van der Waals surface area contributed by atoms with Gasteiger partial charge in [-0.25, -0.2) is 4.39 Å². The van der Waals surface area contributed by atoms with Crippen LogP contribution in [0.4, 0.5) is 17.6 Å². The van der Waals surface area contributed by atoms with E-state index in [1.54, 1.807) is 0 Å². The summed E-state index contributed by atoms with van der Waals surface area (Å²) in [5, 5.41) is 3.31. The first kappa shape index (κ1) is 16.5. The fourth-order valence-electron chi connectivity index (χ4n) is 2.63. The normalized spacial score (nSPS) is 18.7. The zero-order valence-electron chi connectivity index (χ0n) is 11.4. The summed E-state index contributed by atoms with van der Waals surface area (Å²) in [6.45, 7) is 2.50. The molecule has 1 N–H and O–H groups in total. The van der Waals surface area contributed by atoms with E-state index in [4.69, 9.17) is 11.6 Å². The third kappa shape index (κ3) is 4.56. The molecule has 118 valence electrons. The van der Waals surface area contributed by atoms with Gasteiger partial charge in [-0.1, -0.05) is 17.7 Å². The van der Waals surface area contributed by atoms with Crippen LogP contribution in [0.5, 0.6) is 0 Å². The first-order valence-electron chi connectivity index (χ1n) is 6.84. The lowest BCUT2D eigenvalue weighted by Crippen LogP contribution is -2.45. The van der Waals surface area contributed by atoms with E-state index in [1.807, 2.05) is 4.90 Å². The molecule has 1 heterocycles. The zero-order valence-corrected chi connectivity index (χ0v) is 12.1. The van der Waals surface area contributed by atoms with E-state index in [-0.39, 0.29) is 17.0 Å². The molecule has 0 amide bonds. The van der Waals surface area contributed by atoms with Crippen LogP contribution in [-0.2, 0) is 0 Å². The summed E-state index contributed by atoms with van der Waals surface area (Å²) in [5.74, 6) is -0.548. The van der Waals surface area contributed by atoms with Gasteiger partial charge in [-0.3, -0.25) is 4.90 Å². The molecule has 0 radical (unpaired) electrons. The monoisotopic (exact) mass is 324 g/mol. The van der Waals surface area contributed by atoms with E-state index < -0.39 is 24.5 Å². The second-order valence-electron chi connectivity index (χ2n) is 5.09. The molecule has 21 heavy (non-hydrogen) atoms. The molecule has 1 aliphatic rings. The molecule has 1 aliphatic heterocycles. The molecule has 1 atom stereocenters. The lowest BCUT2D eigenvalue weighted by Gasteiger charge is -2.36. The Morgan fingerprint density at radius 3 is 2.48 bits per heavy atom. The van der Waals surface area contributed by atoms with Crippen molar-refractivity contribution in [3.05, 3.63) is 34.6 Å². The molecule has 1 fully saturated rings. The minimum atomic E-state index is -4.26. The highest BCUT2D eigenvalue weighted by Crippen LogP contribution is 2.36. The van der Waals surface area contributed by atoms with E-state index >= 15 is 0 Å². The number of rotatable bonds is 4. The second-order valence-corrected chi connectivity index (χ2v) is 5.50. The first-order valence-corrected chi connectivity index (χ1v) is 7.22. The maximum Gasteiger partial charge on any atom is 0.389 e. The summed E-state index contributed by atoms with van der Waals surface area (Å²) in [4.78, 5) is 1.87. The lowest BCUT2D eigenvalue weighted by molar-refractivity contribution is -0.138. The predicted molar refractivity (Wildman–Crippen MR) is 73.9 cm³/mol. The fraction of sp³-hybridized carbons (Fsp3) is 0.571. The van der Waals surface area contributed by atoms with Crippen LogP contribution in [-0.4, -0.2) is 37.3 Å². The summed E-state index contributed by atoms with van der Waals surface area (Å²) >= 11 is 6.03. The van der Waals surface area contributed by atoms with Crippen molar-refractivity contribution in [3.8, 4) is 0 Å². The van der Waals surface area contributed by atoms with E-state index in [0.717, 1.165) is 0 Å². The van der Waals surface area contributed by atoms with Gasteiger partial charge in [-0.05, 0) is 18.6 Å². The van der Waals surface area contributed by atoms with Crippen LogP contribution in [0, 0.1) is 5.82 Å². The standard InChI is InChI=1S/C14H17ClF4N2/c15-10-2-1-3-11(16)13(10)12(4-5-14(17,18)19)21-8-6-20-7-9-21/h1-3,12,20H,4-9H2/t12-/m1/s1. The molecule has 1 saturated heterocycles. The number of hydrogen-bond donors (Lipinski definition) is 1. The Hall–Kier alpha value is -0.850. The van der Waals surface area contributed by atoms with Crippen molar-refractivity contribution in [2.24, 2.45) is 0 Å². The summed E-state index contributed by atoms with van der Waals surface area (Å²) < 4.78 is 51.7. The molecule has 0 spiro atoms. The molecule has 0 unspecified atom stereocenters. The predicted octanol–water partition coefficient (Wildman–Crippen LogP) is 3.77. The Balaban J connectivity index is 2.26. The van der Waals surface area contributed by atoms with Crippen molar-refractivity contribution < 1.29 is 17.6 Å². The van der Waals surface area contributed by atoms with Gasteiger partial charge in [0, 0.05) is 49.2 Å². The number of nitrogens with zero attached hydrogens (tertiary/aromatic N) is 1. The molecule has 0 bridgehead atoms. The highest BCUT2D eigenvalue weighted by Gasteiger charge is 2.33. The first-order chi connectivity index (χ1) is 9.88. The molecular formula is C14H17ClF4N2. The average molecular weight is 325 g/mol. The highest BCUT2D eigenvalue weighted by molar-refractivity contribution is 6.31. The van der Waals surface area contributed by atoms with Gasteiger partial charge in [-0.2, -0.15) is 13.2 Å². The average Bonchev–Trinajstić information content (AvgIpc) is 2.42. The largest absolute Gasteiger partial charge is 0.389 e. The number of halogens is 5. The summed E-state index contributed by atoms with van der Waals surface area (Å²) in [5.41, 5.74) is 0.172. The van der Waals surface area contributed by atoms with Crippen LogP contribution >= 0.6 is 11.6 Å². The number of nitrogens with one attached hydrogen (secondary N) is 1. The summed E-state index contributed by atoms with van der Waals surface area (Å²) in [7, 11) is 0. The van der Waals surface area contributed by atoms with Gasteiger partial charge in [0.15, 0.2) is 0 Å². The van der Waals surface area contributed by atoms with Crippen LogP contribution < -0.4 is 5.32 Å². The van der Waals surface area contributed by atoms with Gasteiger partial charge < -0.3 is 5.32 Å². The zero-order chi connectivity index (χ0) is 15.5. The quantitative estimate of drug-likeness (QED) is 0.848. The van der Waals surface area contributed by atoms with Crippen LogP contribution in [0.1, 0.15) is 24.4 Å². The number of hydrogen-bond acceptors (Lipinski definition) is 2. The van der Waals surface area contributed by atoms with Gasteiger partial charge in [0.05, 0.1) is 0 Å². The lowest BCUT2D eigenvalue weighted by atomic mass is 9.98. The van der Waals surface area contributed by atoms with E-state index in [0.29, 0.717) is 26.2 Å². The van der Waals surface area contributed by atoms with Crippen molar-refractivity contribution in [2.75, 3.05) is 26.2 Å². The summed E-state index contributed by atoms with van der Waals surface area (Å²) in [6, 6.07) is 3.56. The van der Waals surface area contributed by atoms with Crippen molar-refractivity contribution >= 4 is 11.6 Å². The van der Waals surface area contributed by atoms with Crippen LogP contribution in [0.3, 0.4) is 0 Å². The Kier molecular flexibility index (Phi) is 5.46. The maximum absolute atomic E-state index is 14.1. The Labute approximate surface area is 126 Å². The van der Waals surface area contributed by atoms with Crippen molar-refractivity contribution in [2.45, 2.75) is 25.1 Å². The molecular weight excluding hydrogens is 308 g/mol. The molecule has 2 rings (SSSR count). The molecule has 0 saturated carbocycles. The fourth-order valence-corrected chi connectivity index (χ4v) is 2.92. The van der Waals surface area contributed by atoms with Crippen molar-refractivity contribution in [3.63, 3.8) is 0 Å². The number of benzene rings is 1. The highest BCUT2D eigenvalue weighted by atomic mass is 35.5. The second kappa shape index (κ2) is 6.94. The van der Waals surface area contributed by atoms with E-state index in [1.165, 1.54) is 18.2 Å². The molecule has 1 aromatic rings. The molecule has 2 nitrogen and oxygen atoms in total. The SMILES string of the molecule is Fc1cccc(Cl)c1[C@@H](CCC(F)(F)F)N1CCNCC1. The van der Waals surface area contributed by atoms with Crippen molar-refractivity contribution in [1.29, 1.82) is 0 Å². The minimum absolute atomic E-state index is 0.172. The van der Waals surface area contributed by atoms with Gasteiger partial charge in [0.2, 0.25) is 0 Å². The molecule has 0 aromatic heterocycles. The Bertz CT molecular complexity index is 452. The Morgan fingerprint density at radius 1 is 1.24 bits per heavy atom. The van der Waals surface area contributed by atoms with Gasteiger partial charge in [0.1, 0.15) is 5.82 Å². The van der Waals surface area contributed by atoms with Gasteiger partial charge in [-0.15, -0.1) is 0 Å². The van der Waals surface area contributed by atoms with Gasteiger partial charge >= 0.3 is 6.18 Å². The molecule has 7 heteroatoms. The van der Waals surface area contributed by atoms with Crippen LogP contribution in [0.15, 0.2) is 18.2 Å².